The third-order valence-corrected chi connectivity index (χ3v) is 8.96. The van der Waals surface area contributed by atoms with Crippen LogP contribution < -0.4 is 5.73 Å². The number of aryl methyl sites for hydroxylation is 1. The molecule has 1 saturated heterocycles. The number of benzene rings is 1. The van der Waals surface area contributed by atoms with Gasteiger partial charge in [0.15, 0.2) is 17.3 Å². The van der Waals surface area contributed by atoms with Crippen LogP contribution in [0.15, 0.2) is 79.8 Å². The summed E-state index contributed by atoms with van der Waals surface area (Å²) in [6.45, 7) is 6.65. The smallest absolute Gasteiger partial charge is 0.246 e. The van der Waals surface area contributed by atoms with Crippen LogP contribution in [0.2, 0.25) is 0 Å². The minimum atomic E-state index is 0.0466. The second kappa shape index (κ2) is 10.6. The molecule has 0 radical (unpaired) electrons. The number of nitrogens with zero attached hydrogens (tertiary/aromatic N) is 7. The Bertz CT molecular complexity index is 1790. The van der Waals surface area contributed by atoms with Crippen LogP contribution in [0.5, 0.6) is 0 Å². The Kier molecular flexibility index (Phi) is 6.57. The molecular formula is C33H34N8O. The highest BCUT2D eigenvalue weighted by atomic mass is 16.2. The summed E-state index contributed by atoms with van der Waals surface area (Å²) >= 11 is 0. The number of nitrogen functional groups attached to an aromatic ring is 1. The molecule has 2 aliphatic rings. The molecule has 1 aliphatic heterocycles. The number of carbonyl (C=O) groups excluding carboxylic acids is 1. The Morgan fingerprint density at radius 3 is 2.81 bits per heavy atom. The quantitative estimate of drug-likeness (QED) is 0.277. The van der Waals surface area contributed by atoms with Crippen LogP contribution in [0.4, 0.5) is 5.82 Å². The standard InChI is InChI=1S/C33H34N8O/c1-3-30(42)39-17-13-22(18-21(39)2)19-23-7-8-24-20-25(9-10-26(23)24)41-32(27-6-4-14-35-31(27)34)37-28-11-12-29(38-33(28)41)40-16-5-15-36-40/h3-6,9-12,14-16,20-23H,1,7-8,13,17-19H2,2H3,(H2,34,35)/t21-,22?,23?/m1/s1. The van der Waals surface area contributed by atoms with E-state index in [1.54, 1.807) is 17.1 Å². The monoisotopic (exact) mass is 558 g/mol. The molecule has 4 aromatic heterocycles. The molecule has 0 spiro atoms. The zero-order chi connectivity index (χ0) is 28.8. The van der Waals surface area contributed by atoms with Crippen LogP contribution in [0.25, 0.3) is 34.1 Å². The van der Waals surface area contributed by atoms with Gasteiger partial charge in [-0.2, -0.15) is 5.10 Å². The summed E-state index contributed by atoms with van der Waals surface area (Å²) in [7, 11) is 0. The molecule has 9 heteroatoms. The van der Waals surface area contributed by atoms with Crippen LogP contribution in [-0.2, 0) is 11.2 Å². The van der Waals surface area contributed by atoms with Crippen molar-refractivity contribution in [2.24, 2.45) is 5.92 Å². The fraction of sp³-hybridized carbons (Fsp3) is 0.303. The normalized spacial score (nSPS) is 20.1. The number of piperidine rings is 1. The average Bonchev–Trinajstić information content (AvgIpc) is 3.76. The van der Waals surface area contributed by atoms with Gasteiger partial charge in [-0.25, -0.2) is 19.6 Å². The molecule has 0 bridgehead atoms. The Morgan fingerprint density at radius 2 is 2.02 bits per heavy atom. The van der Waals surface area contributed by atoms with Gasteiger partial charge in [0.2, 0.25) is 5.91 Å². The highest BCUT2D eigenvalue weighted by Crippen LogP contribution is 2.42. The van der Waals surface area contributed by atoms with Crippen LogP contribution in [-0.4, -0.2) is 52.7 Å². The number of nitrogens with two attached hydrogens (primary N) is 1. The third kappa shape index (κ3) is 4.55. The molecule has 1 amide bonds. The van der Waals surface area contributed by atoms with Crippen molar-refractivity contribution < 1.29 is 4.79 Å². The van der Waals surface area contributed by atoms with Crippen molar-refractivity contribution >= 4 is 22.9 Å². The lowest BCUT2D eigenvalue weighted by molar-refractivity contribution is -0.129. The maximum absolute atomic E-state index is 12.2. The zero-order valence-electron chi connectivity index (χ0n) is 23.7. The number of likely N-dealkylation sites (tertiary alicyclic amines) is 1. The largest absolute Gasteiger partial charge is 0.383 e. The SMILES string of the molecule is C=CC(=O)N1CCC(CC2CCc3cc(-n4c(-c5cccnc5N)nc5ccc(-n6cccn6)nc54)ccc32)C[C@H]1C. The molecule has 5 heterocycles. The fourth-order valence-corrected chi connectivity index (χ4v) is 6.92. The predicted molar refractivity (Wildman–Crippen MR) is 163 cm³/mol. The van der Waals surface area contributed by atoms with Gasteiger partial charge in [-0.05, 0) is 111 Å². The molecule has 0 saturated carbocycles. The molecule has 212 valence electrons. The Morgan fingerprint density at radius 1 is 1.12 bits per heavy atom. The van der Waals surface area contributed by atoms with Gasteiger partial charge in [-0.15, -0.1) is 0 Å². The lowest BCUT2D eigenvalue weighted by Crippen LogP contribution is -2.44. The van der Waals surface area contributed by atoms with Crippen molar-refractivity contribution in [1.29, 1.82) is 0 Å². The molecule has 42 heavy (non-hydrogen) atoms. The Balaban J connectivity index is 1.23. The number of pyridine rings is 2. The molecule has 1 aromatic carbocycles. The number of imidazole rings is 1. The lowest BCUT2D eigenvalue weighted by atomic mass is 9.82. The van der Waals surface area contributed by atoms with Crippen molar-refractivity contribution in [3.8, 4) is 22.9 Å². The molecule has 2 unspecified atom stereocenters. The molecule has 7 rings (SSSR count). The van der Waals surface area contributed by atoms with E-state index in [4.69, 9.17) is 15.7 Å². The van der Waals surface area contributed by atoms with Gasteiger partial charge < -0.3 is 10.6 Å². The zero-order valence-corrected chi connectivity index (χ0v) is 23.7. The lowest BCUT2D eigenvalue weighted by Gasteiger charge is -2.38. The summed E-state index contributed by atoms with van der Waals surface area (Å²) in [5, 5.41) is 4.37. The van der Waals surface area contributed by atoms with Gasteiger partial charge in [0.25, 0.3) is 0 Å². The van der Waals surface area contributed by atoms with Crippen molar-refractivity contribution in [2.75, 3.05) is 12.3 Å². The Hall–Kier alpha value is -4.79. The van der Waals surface area contributed by atoms with Crippen LogP contribution in [0.3, 0.4) is 0 Å². The molecule has 3 atom stereocenters. The van der Waals surface area contributed by atoms with Crippen molar-refractivity contribution in [2.45, 2.75) is 51.0 Å². The van der Waals surface area contributed by atoms with Gasteiger partial charge >= 0.3 is 0 Å². The van der Waals surface area contributed by atoms with Gasteiger partial charge in [0.1, 0.15) is 11.3 Å². The number of amides is 1. The number of hydrogen-bond donors (Lipinski definition) is 1. The minimum absolute atomic E-state index is 0.0466. The first kappa shape index (κ1) is 26.1. The predicted octanol–water partition coefficient (Wildman–Crippen LogP) is 5.48. The molecular weight excluding hydrogens is 524 g/mol. The highest BCUT2D eigenvalue weighted by Gasteiger charge is 2.32. The third-order valence-electron chi connectivity index (χ3n) is 8.96. The molecule has 9 nitrogen and oxygen atoms in total. The second-order valence-corrected chi connectivity index (χ2v) is 11.5. The van der Waals surface area contributed by atoms with E-state index in [-0.39, 0.29) is 11.9 Å². The van der Waals surface area contributed by atoms with Crippen molar-refractivity contribution in [1.82, 2.24) is 34.2 Å². The fourth-order valence-electron chi connectivity index (χ4n) is 6.92. The summed E-state index contributed by atoms with van der Waals surface area (Å²) in [6.07, 6.45) is 12.2. The van der Waals surface area contributed by atoms with Gasteiger partial charge in [0.05, 0.1) is 5.56 Å². The average molecular weight is 559 g/mol. The first-order chi connectivity index (χ1) is 20.5. The van der Waals surface area contributed by atoms with Crippen molar-refractivity contribution in [3.63, 3.8) is 0 Å². The maximum atomic E-state index is 12.2. The summed E-state index contributed by atoms with van der Waals surface area (Å²) in [5.41, 5.74) is 12.4. The van der Waals surface area contributed by atoms with E-state index in [1.165, 1.54) is 17.2 Å². The van der Waals surface area contributed by atoms with Crippen LogP contribution in [0.1, 0.15) is 49.7 Å². The first-order valence-corrected chi connectivity index (χ1v) is 14.7. The number of anilines is 1. The van der Waals surface area contributed by atoms with Gasteiger partial charge in [0, 0.05) is 36.9 Å². The molecule has 2 N–H and O–H groups in total. The maximum Gasteiger partial charge on any atom is 0.246 e. The number of hydrogen-bond acceptors (Lipinski definition) is 6. The van der Waals surface area contributed by atoms with E-state index in [0.717, 1.165) is 66.9 Å². The van der Waals surface area contributed by atoms with E-state index in [2.05, 4.69) is 46.4 Å². The van der Waals surface area contributed by atoms with E-state index >= 15 is 0 Å². The molecule has 5 aromatic rings. The summed E-state index contributed by atoms with van der Waals surface area (Å²) in [4.78, 5) is 28.5. The highest BCUT2D eigenvalue weighted by molar-refractivity contribution is 5.87. The van der Waals surface area contributed by atoms with E-state index in [1.807, 2.05) is 41.4 Å². The topological polar surface area (TPSA) is 108 Å². The van der Waals surface area contributed by atoms with Gasteiger partial charge in [-0.1, -0.05) is 12.6 Å². The minimum Gasteiger partial charge on any atom is -0.383 e. The first-order valence-electron chi connectivity index (χ1n) is 14.7. The van der Waals surface area contributed by atoms with E-state index in [9.17, 15) is 4.79 Å². The second-order valence-electron chi connectivity index (χ2n) is 11.5. The van der Waals surface area contributed by atoms with E-state index < -0.39 is 0 Å². The number of fused-ring (bicyclic) bond motifs is 2. The number of rotatable bonds is 6. The summed E-state index contributed by atoms with van der Waals surface area (Å²) in [6, 6.07) is 16.6. The molecule has 1 fully saturated rings. The molecule has 1 aliphatic carbocycles. The van der Waals surface area contributed by atoms with Crippen molar-refractivity contribution in [3.05, 3.63) is 90.9 Å². The van der Waals surface area contributed by atoms with Gasteiger partial charge in [-0.3, -0.25) is 9.36 Å². The van der Waals surface area contributed by atoms with Crippen LogP contribution in [0, 0.1) is 5.92 Å². The summed E-state index contributed by atoms with van der Waals surface area (Å²) < 4.78 is 3.85. The number of carbonyl (C=O) groups is 1. The summed E-state index contributed by atoms with van der Waals surface area (Å²) in [5.74, 6) is 3.06. The Labute approximate surface area is 244 Å². The van der Waals surface area contributed by atoms with E-state index in [0.29, 0.717) is 23.5 Å². The number of aromatic nitrogens is 6. The van der Waals surface area contributed by atoms with Crippen LogP contribution >= 0.6 is 0 Å².